The molecule has 1 aliphatic rings. The topological polar surface area (TPSA) is 58.6 Å². The van der Waals surface area contributed by atoms with Gasteiger partial charge in [-0.3, -0.25) is 9.69 Å². The van der Waals surface area contributed by atoms with E-state index in [1.54, 1.807) is 32.2 Å². The van der Waals surface area contributed by atoms with E-state index < -0.39 is 11.6 Å². The summed E-state index contributed by atoms with van der Waals surface area (Å²) in [6, 6.07) is 13.4. The van der Waals surface area contributed by atoms with E-state index in [2.05, 4.69) is 5.32 Å². The van der Waals surface area contributed by atoms with Crippen LogP contribution in [0.5, 0.6) is 5.75 Å². The Hall–Kier alpha value is -2.54. The van der Waals surface area contributed by atoms with E-state index in [4.69, 9.17) is 4.74 Å². The van der Waals surface area contributed by atoms with Crippen LogP contribution in [0, 0.1) is 5.82 Å². The van der Waals surface area contributed by atoms with Gasteiger partial charge in [0.25, 0.3) is 5.91 Å². The highest BCUT2D eigenvalue weighted by molar-refractivity contribution is 7.99. The van der Waals surface area contributed by atoms with Crippen molar-refractivity contribution in [2.75, 3.05) is 19.4 Å². The fourth-order valence-electron chi connectivity index (χ4n) is 3.11. The van der Waals surface area contributed by atoms with Crippen molar-refractivity contribution < 1.29 is 18.7 Å². The zero-order valence-electron chi connectivity index (χ0n) is 15.2. The summed E-state index contributed by atoms with van der Waals surface area (Å²) in [6.45, 7) is 1.93. The fraction of sp³-hybridized carbons (Fsp3) is 0.300. The minimum atomic E-state index is -1.03. The molecule has 3 rings (SSSR count). The third-order valence-electron chi connectivity index (χ3n) is 4.49. The first kappa shape index (κ1) is 19.2. The quantitative estimate of drug-likeness (QED) is 0.583. The van der Waals surface area contributed by atoms with E-state index in [1.807, 2.05) is 24.3 Å². The highest BCUT2D eigenvalue weighted by atomic mass is 32.2. The van der Waals surface area contributed by atoms with Crippen molar-refractivity contribution in [1.82, 2.24) is 10.2 Å². The number of amides is 3. The molecule has 2 aromatic carbocycles. The second kappa shape index (κ2) is 8.00. The molecule has 5 nitrogen and oxygen atoms in total. The molecule has 1 atom stereocenters. The van der Waals surface area contributed by atoms with E-state index in [-0.39, 0.29) is 18.3 Å². The molecule has 1 saturated heterocycles. The first-order valence-electron chi connectivity index (χ1n) is 8.58. The maximum Gasteiger partial charge on any atom is 0.325 e. The van der Waals surface area contributed by atoms with Crippen molar-refractivity contribution in [2.45, 2.75) is 23.8 Å². The average Bonchev–Trinajstić information content (AvgIpc) is 2.86. The van der Waals surface area contributed by atoms with E-state index in [0.29, 0.717) is 22.8 Å². The number of methoxy groups -OCH3 is 1. The summed E-state index contributed by atoms with van der Waals surface area (Å²) in [5.41, 5.74) is -0.187. The second-order valence-electron chi connectivity index (χ2n) is 6.49. The van der Waals surface area contributed by atoms with Gasteiger partial charge >= 0.3 is 6.03 Å². The van der Waals surface area contributed by atoms with Gasteiger partial charge in [-0.15, -0.1) is 11.8 Å². The smallest absolute Gasteiger partial charge is 0.325 e. The Labute approximate surface area is 161 Å². The first-order valence-corrected chi connectivity index (χ1v) is 9.56. The van der Waals surface area contributed by atoms with Crippen LogP contribution in [-0.2, 0) is 11.2 Å². The molecule has 27 heavy (non-hydrogen) atoms. The largest absolute Gasteiger partial charge is 0.496 e. The summed E-state index contributed by atoms with van der Waals surface area (Å²) in [4.78, 5) is 26.9. The lowest BCUT2D eigenvalue weighted by molar-refractivity contribution is -0.130. The molecular weight excluding hydrogens is 367 g/mol. The Morgan fingerprint density at radius 1 is 1.15 bits per heavy atom. The summed E-state index contributed by atoms with van der Waals surface area (Å²) in [6.07, 6.45) is 0.332. The molecular formula is C20H21FN2O3S. The van der Waals surface area contributed by atoms with Gasteiger partial charge in [0, 0.05) is 23.6 Å². The number of rotatable bonds is 7. The highest BCUT2D eigenvalue weighted by Gasteiger charge is 2.47. The molecule has 0 spiro atoms. The number of hydrogen-bond donors (Lipinski definition) is 1. The number of nitrogens with one attached hydrogen (secondary N) is 1. The molecule has 0 radical (unpaired) electrons. The van der Waals surface area contributed by atoms with Crippen LogP contribution in [0.3, 0.4) is 0 Å². The summed E-state index contributed by atoms with van der Waals surface area (Å²) in [5.74, 6) is 0.507. The Morgan fingerprint density at radius 3 is 2.59 bits per heavy atom. The van der Waals surface area contributed by atoms with Crippen LogP contribution in [0.1, 0.15) is 12.5 Å². The summed E-state index contributed by atoms with van der Waals surface area (Å²) < 4.78 is 19.0. The molecule has 0 saturated carbocycles. The van der Waals surface area contributed by atoms with Crippen molar-refractivity contribution in [1.29, 1.82) is 0 Å². The number of imide groups is 1. The zero-order chi connectivity index (χ0) is 19.4. The number of carbonyl (C=O) groups excluding carboxylic acids is 2. The summed E-state index contributed by atoms with van der Waals surface area (Å²) in [7, 11) is 1.57. The Balaban J connectivity index is 1.66. The van der Waals surface area contributed by atoms with Gasteiger partial charge in [0.15, 0.2) is 0 Å². The minimum absolute atomic E-state index is 0.213. The Kier molecular flexibility index (Phi) is 5.70. The highest BCUT2D eigenvalue weighted by Crippen LogP contribution is 2.28. The number of thioether (sulfide) groups is 1. The lowest BCUT2D eigenvalue weighted by atomic mass is 9.92. The normalized spacial score (nSPS) is 19.3. The molecule has 1 aliphatic heterocycles. The molecule has 142 valence electrons. The molecule has 1 heterocycles. The van der Waals surface area contributed by atoms with Crippen molar-refractivity contribution in [2.24, 2.45) is 0 Å². The third kappa shape index (κ3) is 4.08. The van der Waals surface area contributed by atoms with Crippen LogP contribution < -0.4 is 10.1 Å². The summed E-state index contributed by atoms with van der Waals surface area (Å²) >= 11 is 1.28. The fourth-order valence-corrected chi connectivity index (χ4v) is 3.98. The van der Waals surface area contributed by atoms with Gasteiger partial charge in [-0.25, -0.2) is 9.18 Å². The third-order valence-corrected chi connectivity index (χ3v) is 5.52. The van der Waals surface area contributed by atoms with E-state index >= 15 is 0 Å². The number of urea groups is 1. The van der Waals surface area contributed by atoms with Crippen LogP contribution in [0.25, 0.3) is 0 Å². The second-order valence-corrected chi connectivity index (χ2v) is 7.62. The number of para-hydroxylation sites is 1. The Bertz CT molecular complexity index is 861. The van der Waals surface area contributed by atoms with Gasteiger partial charge in [-0.05, 0) is 30.7 Å². The molecule has 1 unspecified atom stereocenters. The van der Waals surface area contributed by atoms with Gasteiger partial charge in [0.2, 0.25) is 0 Å². The number of hydrogen-bond acceptors (Lipinski definition) is 4. The SMILES string of the molecule is COc1ccccc1CC1(C)NC(=O)N(CCSc2ccccc2F)C1=O. The van der Waals surface area contributed by atoms with Crippen molar-refractivity contribution >= 4 is 23.7 Å². The molecule has 7 heteroatoms. The van der Waals surface area contributed by atoms with Gasteiger partial charge < -0.3 is 10.1 Å². The molecule has 1 N–H and O–H groups in total. The lowest BCUT2D eigenvalue weighted by Gasteiger charge is -2.22. The molecule has 2 aromatic rings. The molecule has 0 aromatic heterocycles. The molecule has 0 bridgehead atoms. The van der Waals surface area contributed by atoms with Crippen LogP contribution >= 0.6 is 11.8 Å². The zero-order valence-corrected chi connectivity index (χ0v) is 16.0. The number of nitrogens with zero attached hydrogens (tertiary/aromatic N) is 1. The molecule has 1 fully saturated rings. The molecule has 3 amide bonds. The van der Waals surface area contributed by atoms with Crippen molar-refractivity contribution in [3.63, 3.8) is 0 Å². The molecule has 0 aliphatic carbocycles. The average molecular weight is 388 g/mol. The van der Waals surface area contributed by atoms with Gasteiger partial charge in [0.05, 0.1) is 7.11 Å². The maximum atomic E-state index is 13.7. The predicted molar refractivity (Wildman–Crippen MR) is 102 cm³/mol. The predicted octanol–water partition coefficient (Wildman–Crippen LogP) is 3.48. The van der Waals surface area contributed by atoms with Crippen molar-refractivity contribution in [3.8, 4) is 5.75 Å². The van der Waals surface area contributed by atoms with Gasteiger partial charge in [0.1, 0.15) is 17.1 Å². The van der Waals surface area contributed by atoms with Crippen LogP contribution in [-0.4, -0.2) is 41.8 Å². The lowest BCUT2D eigenvalue weighted by Crippen LogP contribution is -2.46. The first-order chi connectivity index (χ1) is 12.9. The number of halogens is 1. The van der Waals surface area contributed by atoms with Crippen molar-refractivity contribution in [3.05, 3.63) is 59.9 Å². The minimum Gasteiger partial charge on any atom is -0.496 e. The standard InChI is InChI=1S/C20H21FN2O3S/c1-20(13-14-7-3-5-9-16(14)26-2)18(24)23(19(25)22-20)11-12-27-17-10-6-4-8-15(17)21/h3-10H,11-13H2,1-2H3,(H,22,25). The number of ether oxygens (including phenoxy) is 1. The Morgan fingerprint density at radius 2 is 1.85 bits per heavy atom. The van der Waals surface area contributed by atoms with Gasteiger partial charge in [-0.2, -0.15) is 0 Å². The van der Waals surface area contributed by atoms with Crippen LogP contribution in [0.15, 0.2) is 53.4 Å². The van der Waals surface area contributed by atoms with E-state index in [9.17, 15) is 14.0 Å². The van der Waals surface area contributed by atoms with E-state index in [1.165, 1.54) is 22.7 Å². The number of benzene rings is 2. The number of carbonyl (C=O) groups is 2. The monoisotopic (exact) mass is 388 g/mol. The van der Waals surface area contributed by atoms with Gasteiger partial charge in [-0.1, -0.05) is 30.3 Å². The van der Waals surface area contributed by atoms with Crippen LogP contribution in [0.2, 0.25) is 0 Å². The van der Waals surface area contributed by atoms with E-state index in [0.717, 1.165) is 5.56 Å². The summed E-state index contributed by atoms with van der Waals surface area (Å²) in [5, 5.41) is 2.79. The maximum absolute atomic E-state index is 13.7. The van der Waals surface area contributed by atoms with Crippen LogP contribution in [0.4, 0.5) is 9.18 Å².